The maximum absolute atomic E-state index is 12.9. The normalized spacial score (nSPS) is 18.5. The van der Waals surface area contributed by atoms with Gasteiger partial charge in [0.2, 0.25) is 0 Å². The van der Waals surface area contributed by atoms with Gasteiger partial charge in [0.25, 0.3) is 0 Å². The van der Waals surface area contributed by atoms with Crippen molar-refractivity contribution in [2.75, 3.05) is 37.6 Å². The first-order valence-corrected chi connectivity index (χ1v) is 13.6. The van der Waals surface area contributed by atoms with Gasteiger partial charge in [-0.3, -0.25) is 9.97 Å². The van der Waals surface area contributed by atoms with Crippen LogP contribution in [0.15, 0.2) is 42.9 Å². The van der Waals surface area contributed by atoms with Crippen molar-refractivity contribution < 1.29 is 74.0 Å². The molecule has 21 heteroatoms. The summed E-state index contributed by atoms with van der Waals surface area (Å²) in [5, 5.41) is 21.4. The second-order valence-corrected chi connectivity index (χ2v) is 10.4. The number of hydrogen-bond donors (Lipinski definition) is 3. The van der Waals surface area contributed by atoms with E-state index in [2.05, 4.69) is 26.9 Å². The average molecular weight is 706 g/mol. The number of carbonyl (C=O) groups is 4. The number of likely N-dealkylation sites (tertiary alicyclic amines) is 2. The number of nitrogens with zero attached hydrogens (tertiary/aromatic N) is 5. The van der Waals surface area contributed by atoms with Crippen LogP contribution in [0.5, 0.6) is 0 Å². The van der Waals surface area contributed by atoms with Crippen molar-refractivity contribution in [1.29, 1.82) is 0 Å². The van der Waals surface area contributed by atoms with Gasteiger partial charge in [0.05, 0.1) is 16.8 Å². The van der Waals surface area contributed by atoms with E-state index in [9.17, 15) is 44.3 Å². The molecule has 2 saturated heterocycles. The molecule has 0 bridgehead atoms. The number of carboxylic acids is 3. The molecule has 1 unspecified atom stereocenters. The zero-order chi connectivity index (χ0) is 36.5. The lowest BCUT2D eigenvalue weighted by Gasteiger charge is -2.28. The molecule has 48 heavy (non-hydrogen) atoms. The summed E-state index contributed by atoms with van der Waals surface area (Å²) in [7, 11) is 0. The van der Waals surface area contributed by atoms with Gasteiger partial charge in [-0.1, -0.05) is 6.07 Å². The largest absolute Gasteiger partial charge is 0.490 e. The highest BCUT2D eigenvalue weighted by Crippen LogP contribution is 2.45. The molecular weight excluding hydrogens is 677 g/mol. The second kappa shape index (κ2) is 15.8. The highest BCUT2D eigenvalue weighted by Gasteiger charge is 2.50. The van der Waals surface area contributed by atoms with Crippen LogP contribution in [0.2, 0.25) is 0 Å². The van der Waals surface area contributed by atoms with Crippen molar-refractivity contribution in [3.63, 3.8) is 0 Å². The molecule has 12 nitrogen and oxygen atoms in total. The number of urea groups is 1. The Balaban J connectivity index is 0.000000313. The van der Waals surface area contributed by atoms with E-state index < -0.39 is 36.4 Å². The fourth-order valence-corrected chi connectivity index (χ4v) is 4.91. The van der Waals surface area contributed by atoms with E-state index in [1.54, 1.807) is 0 Å². The number of aliphatic carboxylic acids is 3. The van der Waals surface area contributed by atoms with E-state index in [4.69, 9.17) is 34.7 Å². The number of anilines is 1. The smallest absolute Gasteiger partial charge is 0.475 e. The Kier molecular flexibility index (Phi) is 13.0. The van der Waals surface area contributed by atoms with Crippen LogP contribution in [0.1, 0.15) is 30.5 Å². The number of carbonyl (C=O) groups excluding carboxylic acids is 1. The molecular formula is C27H28F9N5O7. The Morgan fingerprint density at radius 2 is 1.23 bits per heavy atom. The summed E-state index contributed by atoms with van der Waals surface area (Å²) >= 11 is 0. The van der Waals surface area contributed by atoms with Crippen LogP contribution in [-0.4, -0.2) is 110 Å². The van der Waals surface area contributed by atoms with Gasteiger partial charge < -0.3 is 30.0 Å². The molecule has 3 aliphatic heterocycles. The number of hydrogen-bond acceptors (Lipinski definition) is 7. The lowest BCUT2D eigenvalue weighted by molar-refractivity contribution is -0.193. The van der Waals surface area contributed by atoms with E-state index in [1.165, 1.54) is 11.3 Å². The third-order valence-electron chi connectivity index (χ3n) is 6.95. The Hall–Kier alpha value is -4.85. The Bertz CT molecular complexity index is 1360. The summed E-state index contributed by atoms with van der Waals surface area (Å²) in [6.07, 6.45) is -6.37. The lowest BCUT2D eigenvalue weighted by atomic mass is 9.85. The van der Waals surface area contributed by atoms with Crippen molar-refractivity contribution in [1.82, 2.24) is 19.8 Å². The van der Waals surface area contributed by atoms with Crippen molar-refractivity contribution in [3.8, 4) is 0 Å². The Morgan fingerprint density at radius 1 is 0.729 bits per heavy atom. The van der Waals surface area contributed by atoms with Crippen LogP contribution < -0.4 is 4.90 Å². The number of halogens is 9. The molecule has 2 fully saturated rings. The van der Waals surface area contributed by atoms with Crippen LogP contribution >= 0.6 is 0 Å². The number of aromatic nitrogens is 2. The van der Waals surface area contributed by atoms with Crippen LogP contribution in [0, 0.1) is 0 Å². The van der Waals surface area contributed by atoms with E-state index in [0.717, 1.165) is 64.2 Å². The first-order valence-electron chi connectivity index (χ1n) is 13.6. The minimum absolute atomic E-state index is 0.0474. The standard InChI is InChI=1S/C21H25N5O.3C2HF3O2/c27-20(24-10-1-2-11-24)25-12-7-21(15-25)16-26(14-17-5-3-8-22-13-17)18-6-4-9-23-19(18)21;3*3-2(4,5)1(6)7/h3-6,8-9,13H,1-2,7,10-12,14-16H2;3*(H,6,7). The van der Waals surface area contributed by atoms with Crippen LogP contribution in [-0.2, 0) is 26.3 Å². The molecule has 0 aliphatic carbocycles. The van der Waals surface area contributed by atoms with Gasteiger partial charge in [-0.15, -0.1) is 0 Å². The van der Waals surface area contributed by atoms with E-state index in [0.29, 0.717) is 0 Å². The fourth-order valence-electron chi connectivity index (χ4n) is 4.91. The third kappa shape index (κ3) is 11.1. The first-order chi connectivity index (χ1) is 22.1. The van der Waals surface area contributed by atoms with E-state index in [1.807, 2.05) is 35.6 Å². The number of alkyl halides is 9. The fraction of sp³-hybridized carbons (Fsp3) is 0.481. The molecule has 1 spiro atoms. The van der Waals surface area contributed by atoms with Crippen LogP contribution in [0.4, 0.5) is 50.0 Å². The van der Waals surface area contributed by atoms with Crippen molar-refractivity contribution in [2.24, 2.45) is 0 Å². The number of amides is 2. The summed E-state index contributed by atoms with van der Waals surface area (Å²) < 4.78 is 95.2. The van der Waals surface area contributed by atoms with Crippen LogP contribution in [0.3, 0.4) is 0 Å². The summed E-state index contributed by atoms with van der Waals surface area (Å²) in [4.78, 5) is 55.1. The van der Waals surface area contributed by atoms with Gasteiger partial charge in [-0.25, -0.2) is 19.2 Å². The number of rotatable bonds is 2. The van der Waals surface area contributed by atoms with Gasteiger partial charge in [0, 0.05) is 57.9 Å². The van der Waals surface area contributed by atoms with Gasteiger partial charge >= 0.3 is 42.5 Å². The summed E-state index contributed by atoms with van der Waals surface area (Å²) in [6, 6.07) is 8.49. The SMILES string of the molecule is O=C(N1CCCC1)N1CCC2(C1)CN(Cc1cccnc1)c1cccnc12.O=C(O)C(F)(F)F.O=C(O)C(F)(F)F.O=C(O)C(F)(F)F. The topological polar surface area (TPSA) is 164 Å². The molecule has 0 saturated carbocycles. The molecule has 0 aromatic carbocycles. The molecule has 3 N–H and O–H groups in total. The maximum atomic E-state index is 12.9. The molecule has 2 aromatic heterocycles. The predicted octanol–water partition coefficient (Wildman–Crippen LogP) is 4.56. The average Bonchev–Trinajstić information content (AvgIpc) is 3.74. The quantitative estimate of drug-likeness (QED) is 0.378. The summed E-state index contributed by atoms with van der Waals surface area (Å²) in [6.45, 7) is 5.16. The van der Waals surface area contributed by atoms with Crippen molar-refractivity contribution in [3.05, 3.63) is 54.1 Å². The first kappa shape index (κ1) is 39.3. The third-order valence-corrected chi connectivity index (χ3v) is 6.95. The van der Waals surface area contributed by atoms with Crippen molar-refractivity contribution in [2.45, 2.75) is 49.8 Å². The molecule has 5 heterocycles. The number of pyridine rings is 2. The Labute approximate surface area is 265 Å². The Morgan fingerprint density at radius 3 is 1.69 bits per heavy atom. The maximum Gasteiger partial charge on any atom is 0.490 e. The monoisotopic (exact) mass is 705 g/mol. The highest BCUT2D eigenvalue weighted by molar-refractivity contribution is 5.76. The second-order valence-electron chi connectivity index (χ2n) is 10.4. The van der Waals surface area contributed by atoms with Crippen LogP contribution in [0.25, 0.3) is 0 Å². The number of fused-ring (bicyclic) bond motifs is 2. The highest BCUT2D eigenvalue weighted by atomic mass is 19.4. The molecule has 5 rings (SSSR count). The van der Waals surface area contributed by atoms with Crippen molar-refractivity contribution >= 4 is 29.6 Å². The minimum atomic E-state index is -5.08. The molecule has 0 radical (unpaired) electrons. The van der Waals surface area contributed by atoms with Gasteiger partial charge in [-0.05, 0) is 43.0 Å². The molecule has 2 aromatic rings. The summed E-state index contributed by atoms with van der Waals surface area (Å²) in [5.41, 5.74) is 3.52. The zero-order valence-electron chi connectivity index (χ0n) is 24.5. The van der Waals surface area contributed by atoms with Gasteiger partial charge in [0.1, 0.15) is 0 Å². The molecule has 3 aliphatic rings. The van der Waals surface area contributed by atoms with E-state index in [-0.39, 0.29) is 11.4 Å². The predicted molar refractivity (Wildman–Crippen MR) is 145 cm³/mol. The molecule has 2 amide bonds. The zero-order valence-corrected chi connectivity index (χ0v) is 24.5. The van der Waals surface area contributed by atoms with Gasteiger partial charge in [0.15, 0.2) is 0 Å². The van der Waals surface area contributed by atoms with E-state index >= 15 is 0 Å². The minimum Gasteiger partial charge on any atom is -0.475 e. The van der Waals surface area contributed by atoms with Gasteiger partial charge in [-0.2, -0.15) is 39.5 Å². The summed E-state index contributed by atoms with van der Waals surface area (Å²) in [5.74, 6) is -8.27. The molecule has 266 valence electrons. The lowest BCUT2D eigenvalue weighted by Crippen LogP contribution is -2.43. The number of carboxylic acid groups (broad SMARTS) is 3. The molecule has 1 atom stereocenters.